The van der Waals surface area contributed by atoms with E-state index in [4.69, 9.17) is 0 Å². The van der Waals surface area contributed by atoms with Crippen LogP contribution in [0.2, 0.25) is 0 Å². The first kappa shape index (κ1) is 29.4. The van der Waals surface area contributed by atoms with E-state index in [1.54, 1.807) is 36.0 Å². The van der Waals surface area contributed by atoms with Crippen molar-refractivity contribution in [3.05, 3.63) is 88.4 Å². The van der Waals surface area contributed by atoms with Gasteiger partial charge in [0.25, 0.3) is 0 Å². The summed E-state index contributed by atoms with van der Waals surface area (Å²) in [6, 6.07) is 6.34. The minimum atomic E-state index is -1.08. The molecule has 228 valence electrons. The number of aromatic nitrogens is 3. The molecule has 1 amide bonds. The lowest BCUT2D eigenvalue weighted by molar-refractivity contribution is -0.127. The maximum atomic E-state index is 17.2. The van der Waals surface area contributed by atoms with E-state index < -0.39 is 34.7 Å². The molecule has 2 atom stereocenters. The van der Waals surface area contributed by atoms with Crippen LogP contribution in [0, 0.1) is 24.4 Å². The average Bonchev–Trinajstić information content (AvgIpc) is 3.10. The van der Waals surface area contributed by atoms with E-state index in [0.29, 0.717) is 23.5 Å². The molecule has 4 heterocycles. The normalized spacial score (nSPS) is 18.1. The third kappa shape index (κ3) is 4.36. The number of hydrogen-bond acceptors (Lipinski definition) is 6. The Labute approximate surface area is 253 Å². The fraction of sp³-hybridized carbons (Fsp3) is 0.333. The second-order valence-corrected chi connectivity index (χ2v) is 11.9. The number of anilines is 2. The first-order chi connectivity index (χ1) is 21.0. The van der Waals surface area contributed by atoms with Gasteiger partial charge in [0.05, 0.1) is 34.1 Å². The Kier molecular flexibility index (Phi) is 7.22. The molecule has 0 aliphatic carbocycles. The molecule has 6 rings (SSSR count). The van der Waals surface area contributed by atoms with Crippen molar-refractivity contribution in [3.63, 3.8) is 0 Å². The highest BCUT2D eigenvalue weighted by atomic mass is 19.1. The minimum Gasteiger partial charge on any atom is -0.369 e. The molecule has 0 radical (unpaired) electrons. The van der Waals surface area contributed by atoms with Crippen LogP contribution in [-0.2, 0) is 4.79 Å². The minimum absolute atomic E-state index is 0.00765. The SMILES string of the molecule is C=CC(=O)N1CC(C)N2c3nc(=O)n(-c4c(C)ccnc4C(C)C)c4c(F)c(-c5ccccc5F)c(F)c(c34)N(C)CC2C1. The van der Waals surface area contributed by atoms with Gasteiger partial charge in [0.2, 0.25) is 5.91 Å². The summed E-state index contributed by atoms with van der Waals surface area (Å²) in [5.41, 5.74) is -0.314. The quantitative estimate of drug-likeness (QED) is 0.294. The van der Waals surface area contributed by atoms with Crippen LogP contribution in [0.4, 0.5) is 24.7 Å². The van der Waals surface area contributed by atoms with Crippen LogP contribution in [0.25, 0.3) is 27.7 Å². The van der Waals surface area contributed by atoms with Crippen molar-refractivity contribution in [1.29, 1.82) is 0 Å². The zero-order valence-electron chi connectivity index (χ0n) is 25.2. The van der Waals surface area contributed by atoms with E-state index in [0.717, 1.165) is 10.6 Å². The average molecular weight is 603 g/mol. The number of benzene rings is 2. The smallest absolute Gasteiger partial charge is 0.354 e. The number of carbonyl (C=O) groups excluding carboxylic acids is 1. The Morgan fingerprint density at radius 3 is 2.48 bits per heavy atom. The number of pyridine rings is 1. The molecular weight excluding hydrogens is 569 g/mol. The van der Waals surface area contributed by atoms with Crippen LogP contribution in [0.1, 0.15) is 37.9 Å². The summed E-state index contributed by atoms with van der Waals surface area (Å²) in [6.45, 7) is 11.8. The molecule has 2 aromatic carbocycles. The zero-order valence-corrected chi connectivity index (χ0v) is 25.2. The number of nitrogens with zero attached hydrogens (tertiary/aromatic N) is 6. The topological polar surface area (TPSA) is 74.6 Å². The van der Waals surface area contributed by atoms with E-state index >= 15 is 13.2 Å². The molecule has 2 unspecified atom stereocenters. The van der Waals surface area contributed by atoms with Crippen molar-refractivity contribution in [1.82, 2.24) is 19.4 Å². The second-order valence-electron chi connectivity index (χ2n) is 11.9. The standard InChI is InChI=1S/C33H33F3N6O2/c1-7-23(43)40-14-19(5)41-20(16-40)15-39(6)30-25-31(27(36)24(26(30)35)21-10-8-9-11-22(21)34)42(33(44)38-32(25)41)29-18(4)12-13-37-28(29)17(2)3/h7-13,17,19-20H,1,14-16H2,2-6H3. The zero-order chi connectivity index (χ0) is 31.6. The number of halogens is 3. The van der Waals surface area contributed by atoms with Gasteiger partial charge in [-0.05, 0) is 43.5 Å². The molecule has 2 aliphatic rings. The van der Waals surface area contributed by atoms with Gasteiger partial charge in [0.15, 0.2) is 11.6 Å². The fourth-order valence-electron chi connectivity index (χ4n) is 6.74. The highest BCUT2D eigenvalue weighted by Crippen LogP contribution is 2.46. The third-order valence-corrected chi connectivity index (χ3v) is 8.62. The lowest BCUT2D eigenvalue weighted by Gasteiger charge is -2.46. The Balaban J connectivity index is 1.79. The van der Waals surface area contributed by atoms with Crippen molar-refractivity contribution in [3.8, 4) is 16.8 Å². The van der Waals surface area contributed by atoms with Gasteiger partial charge in [-0.3, -0.25) is 14.3 Å². The van der Waals surface area contributed by atoms with Crippen molar-refractivity contribution >= 4 is 28.3 Å². The molecule has 2 aromatic heterocycles. The van der Waals surface area contributed by atoms with Gasteiger partial charge in [-0.15, -0.1) is 0 Å². The van der Waals surface area contributed by atoms with Crippen LogP contribution < -0.4 is 15.5 Å². The Morgan fingerprint density at radius 2 is 1.80 bits per heavy atom. The van der Waals surface area contributed by atoms with Gasteiger partial charge in [0, 0.05) is 44.5 Å². The van der Waals surface area contributed by atoms with E-state index in [-0.39, 0.29) is 58.9 Å². The lowest BCUT2D eigenvalue weighted by atomic mass is 9.98. The number of likely N-dealkylation sites (N-methyl/N-ethyl adjacent to an activating group) is 1. The van der Waals surface area contributed by atoms with E-state index in [9.17, 15) is 9.59 Å². The van der Waals surface area contributed by atoms with Crippen LogP contribution in [0.15, 0.2) is 54.0 Å². The molecule has 0 N–H and O–H groups in total. The van der Waals surface area contributed by atoms with Crippen LogP contribution in [0.3, 0.4) is 0 Å². The van der Waals surface area contributed by atoms with E-state index in [1.165, 1.54) is 24.3 Å². The molecule has 1 fully saturated rings. The van der Waals surface area contributed by atoms with Gasteiger partial charge in [-0.2, -0.15) is 4.98 Å². The number of amides is 1. The summed E-state index contributed by atoms with van der Waals surface area (Å²) < 4.78 is 50.4. The number of piperazine rings is 1. The first-order valence-corrected chi connectivity index (χ1v) is 14.5. The van der Waals surface area contributed by atoms with Gasteiger partial charge in [-0.1, -0.05) is 38.6 Å². The second kappa shape index (κ2) is 10.8. The molecule has 0 spiro atoms. The predicted molar refractivity (Wildman–Crippen MR) is 165 cm³/mol. The van der Waals surface area contributed by atoms with Crippen molar-refractivity contribution < 1.29 is 18.0 Å². The number of rotatable bonds is 4. The number of aryl methyl sites for hydroxylation is 1. The van der Waals surface area contributed by atoms with Crippen LogP contribution in [-0.4, -0.2) is 64.1 Å². The molecule has 4 aromatic rings. The van der Waals surface area contributed by atoms with E-state index in [2.05, 4.69) is 16.5 Å². The summed E-state index contributed by atoms with van der Waals surface area (Å²) >= 11 is 0. The first-order valence-electron chi connectivity index (χ1n) is 14.5. The number of fused-ring (bicyclic) bond motifs is 2. The fourth-order valence-corrected chi connectivity index (χ4v) is 6.74. The van der Waals surface area contributed by atoms with Gasteiger partial charge in [0.1, 0.15) is 17.2 Å². The largest absolute Gasteiger partial charge is 0.369 e. The highest BCUT2D eigenvalue weighted by Gasteiger charge is 2.42. The molecule has 44 heavy (non-hydrogen) atoms. The van der Waals surface area contributed by atoms with Gasteiger partial charge < -0.3 is 14.7 Å². The summed E-state index contributed by atoms with van der Waals surface area (Å²) in [5.74, 6) is -3.13. The molecule has 0 bridgehead atoms. The third-order valence-electron chi connectivity index (χ3n) is 8.62. The van der Waals surface area contributed by atoms with Gasteiger partial charge >= 0.3 is 5.69 Å². The lowest BCUT2D eigenvalue weighted by Crippen LogP contribution is -2.61. The molecule has 2 aliphatic heterocycles. The van der Waals surface area contributed by atoms with Crippen molar-refractivity contribution in [2.45, 2.75) is 45.7 Å². The Hall–Kier alpha value is -4.67. The Bertz CT molecular complexity index is 1910. The summed E-state index contributed by atoms with van der Waals surface area (Å²) in [4.78, 5) is 41.0. The van der Waals surface area contributed by atoms with Crippen molar-refractivity contribution in [2.24, 2.45) is 0 Å². The molecular formula is C33H33F3N6O2. The van der Waals surface area contributed by atoms with Crippen molar-refractivity contribution in [2.75, 3.05) is 36.5 Å². The van der Waals surface area contributed by atoms with Gasteiger partial charge in [-0.25, -0.2) is 18.0 Å². The number of carbonyl (C=O) groups is 1. The molecule has 0 saturated carbocycles. The maximum absolute atomic E-state index is 17.2. The monoisotopic (exact) mass is 602 g/mol. The summed E-state index contributed by atoms with van der Waals surface area (Å²) in [5, 5.41) is 0.0954. The molecule has 8 nitrogen and oxygen atoms in total. The van der Waals surface area contributed by atoms with Crippen LogP contribution >= 0.6 is 0 Å². The highest BCUT2D eigenvalue weighted by molar-refractivity contribution is 6.05. The maximum Gasteiger partial charge on any atom is 0.354 e. The molecule has 1 saturated heterocycles. The summed E-state index contributed by atoms with van der Waals surface area (Å²) in [6.07, 6.45) is 2.86. The number of hydrogen-bond donors (Lipinski definition) is 0. The summed E-state index contributed by atoms with van der Waals surface area (Å²) in [7, 11) is 1.66. The van der Waals surface area contributed by atoms with E-state index in [1.807, 2.05) is 25.7 Å². The Morgan fingerprint density at radius 1 is 1.07 bits per heavy atom. The molecule has 11 heteroatoms. The predicted octanol–water partition coefficient (Wildman–Crippen LogP) is 5.34. The van der Waals surface area contributed by atoms with Crippen LogP contribution in [0.5, 0.6) is 0 Å².